The predicted molar refractivity (Wildman–Crippen MR) is 57.9 cm³/mol. The van der Waals surface area contributed by atoms with Crippen molar-refractivity contribution in [2.24, 2.45) is 0 Å². The van der Waals surface area contributed by atoms with Gasteiger partial charge in [0, 0.05) is 17.0 Å². The Kier molecular flexibility index (Phi) is 2.54. The van der Waals surface area contributed by atoms with Crippen LogP contribution in [0.15, 0.2) is 39.3 Å². The molecule has 0 saturated heterocycles. The summed E-state index contributed by atoms with van der Waals surface area (Å²) >= 11 is 3.38. The minimum atomic E-state index is 0.358. The van der Waals surface area contributed by atoms with Gasteiger partial charge < -0.3 is 10.3 Å². The third kappa shape index (κ3) is 2.14. The maximum atomic E-state index is 5.42. The first-order chi connectivity index (χ1) is 6.74. The SMILES string of the molecule is Nc1cc(Cc2ccc(Br)cc2)no1. The van der Waals surface area contributed by atoms with Gasteiger partial charge in [0.25, 0.3) is 0 Å². The van der Waals surface area contributed by atoms with Crippen LogP contribution in [0.1, 0.15) is 11.3 Å². The van der Waals surface area contributed by atoms with Crippen molar-refractivity contribution in [1.82, 2.24) is 5.16 Å². The van der Waals surface area contributed by atoms with Crippen LogP contribution in [-0.4, -0.2) is 5.16 Å². The molecule has 0 aliphatic heterocycles. The number of anilines is 1. The van der Waals surface area contributed by atoms with E-state index in [-0.39, 0.29) is 0 Å². The number of benzene rings is 1. The molecule has 1 aromatic carbocycles. The summed E-state index contributed by atoms with van der Waals surface area (Å²) in [7, 11) is 0. The van der Waals surface area contributed by atoms with E-state index in [1.807, 2.05) is 24.3 Å². The van der Waals surface area contributed by atoms with E-state index in [0.29, 0.717) is 5.88 Å². The van der Waals surface area contributed by atoms with Crippen molar-refractivity contribution in [2.45, 2.75) is 6.42 Å². The van der Waals surface area contributed by atoms with Crippen LogP contribution in [0.2, 0.25) is 0 Å². The molecular formula is C10H9BrN2O. The highest BCUT2D eigenvalue weighted by molar-refractivity contribution is 9.10. The first-order valence-corrected chi connectivity index (χ1v) is 4.99. The Balaban J connectivity index is 2.15. The summed E-state index contributed by atoms with van der Waals surface area (Å²) in [6.07, 6.45) is 0.744. The van der Waals surface area contributed by atoms with E-state index in [1.165, 1.54) is 5.56 Å². The van der Waals surface area contributed by atoms with Crippen LogP contribution < -0.4 is 5.73 Å². The van der Waals surface area contributed by atoms with Crippen molar-refractivity contribution < 1.29 is 4.52 Å². The van der Waals surface area contributed by atoms with Gasteiger partial charge in [-0.1, -0.05) is 33.2 Å². The molecule has 0 unspecified atom stereocenters. The molecule has 2 aromatic rings. The fourth-order valence-electron chi connectivity index (χ4n) is 1.22. The lowest BCUT2D eigenvalue weighted by Crippen LogP contribution is -1.87. The van der Waals surface area contributed by atoms with Crippen LogP contribution in [0.5, 0.6) is 0 Å². The van der Waals surface area contributed by atoms with Crippen LogP contribution in [0.3, 0.4) is 0 Å². The first kappa shape index (κ1) is 9.27. The van der Waals surface area contributed by atoms with Gasteiger partial charge in [-0.2, -0.15) is 0 Å². The van der Waals surface area contributed by atoms with Gasteiger partial charge in [-0.15, -0.1) is 0 Å². The summed E-state index contributed by atoms with van der Waals surface area (Å²) < 4.78 is 5.85. The lowest BCUT2D eigenvalue weighted by atomic mass is 10.1. The van der Waals surface area contributed by atoms with Gasteiger partial charge in [0.2, 0.25) is 5.88 Å². The van der Waals surface area contributed by atoms with Gasteiger partial charge in [-0.05, 0) is 17.7 Å². The molecule has 0 spiro atoms. The molecule has 1 aromatic heterocycles. The van der Waals surface area contributed by atoms with Crippen molar-refractivity contribution in [3.63, 3.8) is 0 Å². The highest BCUT2D eigenvalue weighted by Crippen LogP contribution is 2.14. The van der Waals surface area contributed by atoms with E-state index < -0.39 is 0 Å². The summed E-state index contributed by atoms with van der Waals surface area (Å²) in [5, 5.41) is 3.82. The van der Waals surface area contributed by atoms with E-state index in [0.717, 1.165) is 16.6 Å². The summed E-state index contributed by atoms with van der Waals surface area (Å²) in [5.74, 6) is 0.358. The molecule has 0 aliphatic rings. The van der Waals surface area contributed by atoms with Gasteiger partial charge in [-0.3, -0.25) is 0 Å². The fraction of sp³-hybridized carbons (Fsp3) is 0.100. The minimum Gasteiger partial charge on any atom is -0.368 e. The zero-order chi connectivity index (χ0) is 9.97. The quantitative estimate of drug-likeness (QED) is 0.894. The zero-order valence-corrected chi connectivity index (χ0v) is 8.99. The third-order valence-electron chi connectivity index (χ3n) is 1.88. The Morgan fingerprint density at radius 3 is 2.57 bits per heavy atom. The molecule has 3 nitrogen and oxygen atoms in total. The molecule has 0 saturated carbocycles. The molecule has 0 fully saturated rings. The van der Waals surface area contributed by atoms with Crippen molar-refractivity contribution in [3.8, 4) is 0 Å². The molecule has 4 heteroatoms. The maximum Gasteiger partial charge on any atom is 0.222 e. The topological polar surface area (TPSA) is 52.0 Å². The monoisotopic (exact) mass is 252 g/mol. The van der Waals surface area contributed by atoms with Crippen molar-refractivity contribution in [3.05, 3.63) is 46.1 Å². The lowest BCUT2D eigenvalue weighted by molar-refractivity contribution is 0.429. The Labute approximate surface area is 90.0 Å². The summed E-state index contributed by atoms with van der Waals surface area (Å²) in [6.45, 7) is 0. The molecule has 14 heavy (non-hydrogen) atoms. The zero-order valence-electron chi connectivity index (χ0n) is 7.40. The second-order valence-electron chi connectivity index (χ2n) is 3.02. The van der Waals surface area contributed by atoms with Gasteiger partial charge in [0.05, 0.1) is 5.69 Å². The smallest absolute Gasteiger partial charge is 0.222 e. The van der Waals surface area contributed by atoms with Crippen LogP contribution in [0.25, 0.3) is 0 Å². The molecule has 0 atom stereocenters. The number of nitrogens with two attached hydrogens (primary N) is 1. The molecule has 0 radical (unpaired) electrons. The second-order valence-corrected chi connectivity index (χ2v) is 3.94. The van der Waals surface area contributed by atoms with Crippen LogP contribution in [0.4, 0.5) is 5.88 Å². The number of hydrogen-bond acceptors (Lipinski definition) is 3. The number of hydrogen-bond donors (Lipinski definition) is 1. The molecule has 2 N–H and O–H groups in total. The molecule has 0 aliphatic carbocycles. The normalized spacial score (nSPS) is 10.4. The number of nitrogen functional groups attached to an aromatic ring is 1. The average Bonchev–Trinajstić information content (AvgIpc) is 2.56. The molecule has 1 heterocycles. The van der Waals surface area contributed by atoms with Crippen molar-refractivity contribution in [2.75, 3.05) is 5.73 Å². The summed E-state index contributed by atoms with van der Waals surface area (Å²) in [5.41, 5.74) is 7.45. The number of halogens is 1. The summed E-state index contributed by atoms with van der Waals surface area (Å²) in [6, 6.07) is 9.81. The molecule has 2 rings (SSSR count). The molecule has 0 bridgehead atoms. The highest BCUT2D eigenvalue weighted by Gasteiger charge is 2.01. The van der Waals surface area contributed by atoms with Gasteiger partial charge in [0.1, 0.15) is 0 Å². The fourth-order valence-corrected chi connectivity index (χ4v) is 1.49. The molecule has 72 valence electrons. The van der Waals surface area contributed by atoms with E-state index in [4.69, 9.17) is 10.3 Å². The van der Waals surface area contributed by atoms with Crippen molar-refractivity contribution in [1.29, 1.82) is 0 Å². The minimum absolute atomic E-state index is 0.358. The van der Waals surface area contributed by atoms with Crippen molar-refractivity contribution >= 4 is 21.8 Å². The highest BCUT2D eigenvalue weighted by atomic mass is 79.9. The van der Waals surface area contributed by atoms with Crippen LogP contribution >= 0.6 is 15.9 Å². The van der Waals surface area contributed by atoms with E-state index >= 15 is 0 Å². The molecule has 0 amide bonds. The van der Waals surface area contributed by atoms with E-state index in [1.54, 1.807) is 6.07 Å². The Hall–Kier alpha value is -1.29. The molecular weight excluding hydrogens is 244 g/mol. The lowest BCUT2D eigenvalue weighted by Gasteiger charge is -1.96. The maximum absolute atomic E-state index is 5.42. The van der Waals surface area contributed by atoms with E-state index in [2.05, 4.69) is 21.1 Å². The Bertz CT molecular complexity index is 422. The van der Waals surface area contributed by atoms with Crippen LogP contribution in [-0.2, 0) is 6.42 Å². The summed E-state index contributed by atoms with van der Waals surface area (Å²) in [4.78, 5) is 0. The van der Waals surface area contributed by atoms with Gasteiger partial charge >= 0.3 is 0 Å². The predicted octanol–water partition coefficient (Wildman–Crippen LogP) is 2.61. The van der Waals surface area contributed by atoms with Crippen LogP contribution in [0, 0.1) is 0 Å². The number of aromatic nitrogens is 1. The number of nitrogens with zero attached hydrogens (tertiary/aromatic N) is 1. The third-order valence-corrected chi connectivity index (χ3v) is 2.40. The second kappa shape index (κ2) is 3.84. The standard InChI is InChI=1S/C10H9BrN2O/c11-8-3-1-7(2-4-8)5-9-6-10(12)14-13-9/h1-4,6H,5,12H2. The average molecular weight is 253 g/mol. The number of rotatable bonds is 2. The van der Waals surface area contributed by atoms with Gasteiger partial charge in [-0.25, -0.2) is 0 Å². The Morgan fingerprint density at radius 1 is 1.29 bits per heavy atom. The Morgan fingerprint density at radius 2 is 2.00 bits per heavy atom. The van der Waals surface area contributed by atoms with E-state index in [9.17, 15) is 0 Å². The van der Waals surface area contributed by atoms with Gasteiger partial charge in [0.15, 0.2) is 0 Å². The largest absolute Gasteiger partial charge is 0.368 e. The first-order valence-electron chi connectivity index (χ1n) is 4.19.